The van der Waals surface area contributed by atoms with Gasteiger partial charge in [-0.1, -0.05) is 13.8 Å². The van der Waals surface area contributed by atoms with E-state index in [1.54, 1.807) is 18.4 Å². The maximum Gasteiger partial charge on any atom is 0.191 e. The van der Waals surface area contributed by atoms with Crippen LogP contribution < -0.4 is 10.6 Å². The number of rotatable bonds is 5. The fourth-order valence-corrected chi connectivity index (χ4v) is 3.82. The highest BCUT2D eigenvalue weighted by atomic mass is 127. The van der Waals surface area contributed by atoms with Gasteiger partial charge in [-0.05, 0) is 34.1 Å². The summed E-state index contributed by atoms with van der Waals surface area (Å²) in [5, 5.41) is 7.95. The number of aliphatic imine (C=N–C) groups is 1. The second-order valence-corrected chi connectivity index (χ2v) is 8.29. The number of hydrogen-bond acceptors (Lipinski definition) is 4. The monoisotopic (exact) mass is 466 g/mol. The van der Waals surface area contributed by atoms with Crippen LogP contribution >= 0.6 is 35.3 Å². The van der Waals surface area contributed by atoms with E-state index in [-0.39, 0.29) is 35.0 Å². The third kappa shape index (κ3) is 4.22. The fourth-order valence-electron chi connectivity index (χ4n) is 2.96. The molecule has 1 heterocycles. The Morgan fingerprint density at radius 1 is 1.38 bits per heavy atom. The van der Waals surface area contributed by atoms with Crippen LogP contribution in [0.4, 0.5) is 0 Å². The van der Waals surface area contributed by atoms with Gasteiger partial charge in [-0.25, -0.2) is 9.98 Å². The Morgan fingerprint density at radius 3 is 2.50 bits per heavy atom. The van der Waals surface area contributed by atoms with Gasteiger partial charge in [0.2, 0.25) is 0 Å². The molecule has 1 aliphatic rings. The molecule has 0 radical (unpaired) electrons. The molecule has 0 spiro atoms. The predicted octanol–water partition coefficient (Wildman–Crippen LogP) is 3.64. The molecule has 1 aromatic rings. The molecular formula is C17H31IN4OS. The standard InChI is InChI=1S/C17H30N4OS.HI/c1-8-18-15(19-10-14-20-11(2)12(3)23-14)21-13-9-17(6,22-7)16(13,4)5;/h13H,8-10H2,1-7H3,(H2,18,19,21);1H. The summed E-state index contributed by atoms with van der Waals surface area (Å²) in [6.45, 7) is 14.4. The normalized spacial score (nSPS) is 25.6. The summed E-state index contributed by atoms with van der Waals surface area (Å²) >= 11 is 1.72. The Bertz CT molecular complexity index is 568. The minimum Gasteiger partial charge on any atom is -0.378 e. The number of aromatic nitrogens is 1. The highest BCUT2D eigenvalue weighted by molar-refractivity contribution is 14.0. The van der Waals surface area contributed by atoms with E-state index in [0.717, 1.165) is 29.6 Å². The Balaban J connectivity index is 0.00000288. The lowest BCUT2D eigenvalue weighted by Gasteiger charge is -2.59. The second-order valence-electron chi connectivity index (χ2n) is 7.00. The molecule has 7 heteroatoms. The lowest BCUT2D eigenvalue weighted by molar-refractivity contribution is -0.176. The van der Waals surface area contributed by atoms with Crippen molar-refractivity contribution in [2.45, 2.75) is 66.2 Å². The first-order valence-corrected chi connectivity index (χ1v) is 9.08. The van der Waals surface area contributed by atoms with E-state index in [2.05, 4.69) is 50.2 Å². The molecule has 1 aliphatic carbocycles. The molecule has 24 heavy (non-hydrogen) atoms. The lowest BCUT2D eigenvalue weighted by Crippen LogP contribution is -2.69. The molecule has 1 fully saturated rings. The van der Waals surface area contributed by atoms with E-state index in [9.17, 15) is 0 Å². The first kappa shape index (κ1) is 21.6. The highest BCUT2D eigenvalue weighted by Crippen LogP contribution is 2.51. The van der Waals surface area contributed by atoms with Crippen molar-refractivity contribution in [2.75, 3.05) is 13.7 Å². The van der Waals surface area contributed by atoms with Crippen molar-refractivity contribution < 1.29 is 4.74 Å². The van der Waals surface area contributed by atoms with E-state index in [1.807, 2.05) is 6.92 Å². The topological polar surface area (TPSA) is 58.5 Å². The summed E-state index contributed by atoms with van der Waals surface area (Å²) in [7, 11) is 1.80. The number of ether oxygens (including phenoxy) is 1. The predicted molar refractivity (Wildman–Crippen MR) is 113 cm³/mol. The van der Waals surface area contributed by atoms with Gasteiger partial charge in [0.1, 0.15) is 5.01 Å². The largest absolute Gasteiger partial charge is 0.378 e. The van der Waals surface area contributed by atoms with Crippen molar-refractivity contribution in [3.05, 3.63) is 15.6 Å². The molecule has 0 bridgehead atoms. The number of hydrogen-bond donors (Lipinski definition) is 2. The quantitative estimate of drug-likeness (QED) is 0.395. The first-order valence-electron chi connectivity index (χ1n) is 8.26. The third-order valence-corrected chi connectivity index (χ3v) is 6.44. The summed E-state index contributed by atoms with van der Waals surface area (Å²) in [5.74, 6) is 0.856. The Hall–Kier alpha value is -0.410. The number of nitrogens with zero attached hydrogens (tertiary/aromatic N) is 2. The average molecular weight is 466 g/mol. The van der Waals surface area contributed by atoms with Crippen LogP contribution in [0.25, 0.3) is 0 Å². The second kappa shape index (κ2) is 8.31. The van der Waals surface area contributed by atoms with Crippen LogP contribution in [0.5, 0.6) is 0 Å². The Labute approximate surface area is 167 Å². The Morgan fingerprint density at radius 2 is 2.04 bits per heavy atom. The number of halogens is 1. The van der Waals surface area contributed by atoms with Crippen molar-refractivity contribution in [3.8, 4) is 0 Å². The average Bonchev–Trinajstić information content (AvgIpc) is 2.82. The molecule has 0 amide bonds. The number of methoxy groups -OCH3 is 1. The lowest BCUT2D eigenvalue weighted by atomic mass is 9.56. The zero-order valence-electron chi connectivity index (χ0n) is 15.8. The summed E-state index contributed by atoms with van der Waals surface area (Å²) in [5.41, 5.74) is 1.09. The van der Waals surface area contributed by atoms with Gasteiger partial charge in [-0.2, -0.15) is 0 Å². The van der Waals surface area contributed by atoms with Crippen LogP contribution in [0.15, 0.2) is 4.99 Å². The molecular weight excluding hydrogens is 435 g/mol. The fraction of sp³-hybridized carbons (Fsp3) is 0.765. The first-order chi connectivity index (χ1) is 10.7. The number of nitrogens with one attached hydrogen (secondary N) is 2. The van der Waals surface area contributed by atoms with Gasteiger partial charge in [-0.3, -0.25) is 0 Å². The van der Waals surface area contributed by atoms with E-state index >= 15 is 0 Å². The Kier molecular flexibility index (Phi) is 7.49. The molecule has 1 saturated carbocycles. The van der Waals surface area contributed by atoms with Crippen LogP contribution in [0.3, 0.4) is 0 Å². The van der Waals surface area contributed by atoms with Crippen molar-refractivity contribution in [3.63, 3.8) is 0 Å². The van der Waals surface area contributed by atoms with Gasteiger partial charge in [0.25, 0.3) is 0 Å². The number of guanidine groups is 1. The van der Waals surface area contributed by atoms with Crippen molar-refractivity contribution >= 4 is 41.3 Å². The summed E-state index contributed by atoms with van der Waals surface area (Å²) in [4.78, 5) is 10.5. The molecule has 2 atom stereocenters. The molecule has 1 aromatic heterocycles. The molecule has 2 rings (SSSR count). The molecule has 0 aliphatic heterocycles. The zero-order chi connectivity index (χ0) is 17.3. The maximum atomic E-state index is 5.70. The minimum absolute atomic E-state index is 0. The van der Waals surface area contributed by atoms with E-state index in [0.29, 0.717) is 12.6 Å². The molecule has 5 nitrogen and oxygen atoms in total. The molecule has 2 unspecified atom stereocenters. The van der Waals surface area contributed by atoms with Crippen molar-refractivity contribution in [1.29, 1.82) is 0 Å². The summed E-state index contributed by atoms with van der Waals surface area (Å²) in [6.07, 6.45) is 0.983. The zero-order valence-corrected chi connectivity index (χ0v) is 19.0. The SMILES string of the molecule is CCNC(=NCc1nc(C)c(C)s1)NC1CC(C)(OC)C1(C)C.I. The van der Waals surface area contributed by atoms with Crippen LogP contribution in [0.1, 0.15) is 49.7 Å². The van der Waals surface area contributed by atoms with Gasteiger partial charge in [-0.15, -0.1) is 35.3 Å². The van der Waals surface area contributed by atoms with Crippen LogP contribution in [0, 0.1) is 19.3 Å². The molecule has 0 aromatic carbocycles. The van der Waals surface area contributed by atoms with E-state index in [4.69, 9.17) is 9.73 Å². The van der Waals surface area contributed by atoms with Gasteiger partial charge >= 0.3 is 0 Å². The molecule has 0 saturated heterocycles. The summed E-state index contributed by atoms with van der Waals surface area (Å²) < 4.78 is 5.70. The highest BCUT2D eigenvalue weighted by Gasteiger charge is 2.58. The smallest absolute Gasteiger partial charge is 0.191 e. The van der Waals surface area contributed by atoms with Gasteiger partial charge in [0, 0.05) is 30.0 Å². The maximum absolute atomic E-state index is 5.70. The van der Waals surface area contributed by atoms with Gasteiger partial charge < -0.3 is 15.4 Å². The van der Waals surface area contributed by atoms with Gasteiger partial charge in [0.15, 0.2) is 5.96 Å². The third-order valence-electron chi connectivity index (χ3n) is 5.38. The van der Waals surface area contributed by atoms with Crippen LogP contribution in [0.2, 0.25) is 0 Å². The molecule has 138 valence electrons. The minimum atomic E-state index is -0.0779. The van der Waals surface area contributed by atoms with Crippen molar-refractivity contribution in [1.82, 2.24) is 15.6 Å². The van der Waals surface area contributed by atoms with Crippen LogP contribution in [-0.2, 0) is 11.3 Å². The van der Waals surface area contributed by atoms with E-state index < -0.39 is 0 Å². The number of aryl methyl sites for hydroxylation is 2. The number of thiazole rings is 1. The van der Waals surface area contributed by atoms with Gasteiger partial charge in [0.05, 0.1) is 17.8 Å². The van der Waals surface area contributed by atoms with Crippen molar-refractivity contribution in [2.24, 2.45) is 10.4 Å². The summed E-state index contributed by atoms with van der Waals surface area (Å²) in [6, 6.07) is 0.352. The molecule has 2 N–H and O–H groups in total. The van der Waals surface area contributed by atoms with Crippen LogP contribution in [-0.4, -0.2) is 36.2 Å². The van der Waals surface area contributed by atoms with E-state index in [1.165, 1.54) is 4.88 Å².